The van der Waals surface area contributed by atoms with Crippen LogP contribution < -0.4 is 10.1 Å². The topological polar surface area (TPSA) is 64.1 Å². The molecule has 0 radical (unpaired) electrons. The summed E-state index contributed by atoms with van der Waals surface area (Å²) in [5.41, 5.74) is 0.563. The van der Waals surface area contributed by atoms with E-state index in [1.165, 1.54) is 11.3 Å². The normalized spacial score (nSPS) is 11.0. The van der Waals surface area contributed by atoms with Crippen LogP contribution in [-0.2, 0) is 0 Å². The molecule has 1 aromatic heterocycles. The molecule has 0 aliphatic heterocycles. The monoisotopic (exact) mass is 351 g/mol. The average molecular weight is 351 g/mol. The summed E-state index contributed by atoms with van der Waals surface area (Å²) in [6, 6.07) is 7.06. The molecule has 0 unspecified atom stereocenters. The lowest BCUT2D eigenvalue weighted by Gasteiger charge is -2.09. The minimum absolute atomic E-state index is 0.109. The van der Waals surface area contributed by atoms with E-state index < -0.39 is 0 Å². The zero-order valence-electron chi connectivity index (χ0n) is 13.7. The Hall–Kier alpha value is -1.60. The number of anilines is 1. The zero-order chi connectivity index (χ0) is 16.8. The number of amides is 1. The van der Waals surface area contributed by atoms with E-state index in [1.54, 1.807) is 36.0 Å². The highest BCUT2D eigenvalue weighted by Gasteiger charge is 2.11. The number of nitrogens with one attached hydrogen (secondary N) is 1. The lowest BCUT2D eigenvalue weighted by molar-refractivity contribution is 0.102. The Kier molecular flexibility index (Phi) is 6.41. The van der Waals surface area contributed by atoms with Crippen LogP contribution in [0.1, 0.15) is 38.1 Å². The van der Waals surface area contributed by atoms with E-state index >= 15 is 0 Å². The predicted octanol–water partition coefficient (Wildman–Crippen LogP) is 4.33. The van der Waals surface area contributed by atoms with Gasteiger partial charge in [0.1, 0.15) is 5.75 Å². The van der Waals surface area contributed by atoms with E-state index in [0.29, 0.717) is 16.6 Å². The Morgan fingerprint density at radius 2 is 1.91 bits per heavy atom. The molecule has 0 bridgehead atoms. The van der Waals surface area contributed by atoms with Gasteiger partial charge in [-0.1, -0.05) is 36.9 Å². The van der Waals surface area contributed by atoms with Crippen molar-refractivity contribution in [1.82, 2.24) is 10.2 Å². The molecule has 7 heteroatoms. The second-order valence-electron chi connectivity index (χ2n) is 5.72. The number of ether oxygens (including phenoxy) is 1. The van der Waals surface area contributed by atoms with Gasteiger partial charge in [0.2, 0.25) is 5.13 Å². The Labute approximate surface area is 144 Å². The summed E-state index contributed by atoms with van der Waals surface area (Å²) in [4.78, 5) is 12.2. The molecule has 5 nitrogen and oxygen atoms in total. The van der Waals surface area contributed by atoms with Gasteiger partial charge < -0.3 is 4.74 Å². The van der Waals surface area contributed by atoms with Gasteiger partial charge in [-0.3, -0.25) is 10.1 Å². The van der Waals surface area contributed by atoms with Crippen LogP contribution >= 0.6 is 23.1 Å². The molecule has 0 atom stereocenters. The highest BCUT2D eigenvalue weighted by molar-refractivity contribution is 8.01. The molecule has 1 N–H and O–H groups in total. The summed E-state index contributed by atoms with van der Waals surface area (Å²) >= 11 is 3.05. The fourth-order valence-electron chi connectivity index (χ4n) is 1.68. The van der Waals surface area contributed by atoms with E-state index in [4.69, 9.17) is 4.74 Å². The summed E-state index contributed by atoms with van der Waals surface area (Å²) in [5, 5.41) is 11.4. The molecule has 1 amide bonds. The first-order chi connectivity index (χ1) is 10.9. The maximum Gasteiger partial charge on any atom is 0.257 e. The first-order valence-electron chi connectivity index (χ1n) is 7.48. The van der Waals surface area contributed by atoms with E-state index in [0.717, 1.165) is 15.8 Å². The molecular weight excluding hydrogens is 330 g/mol. The van der Waals surface area contributed by atoms with Crippen LogP contribution in [0.5, 0.6) is 5.75 Å². The number of carbonyl (C=O) groups is 1. The van der Waals surface area contributed by atoms with Crippen LogP contribution in [0.3, 0.4) is 0 Å². The summed E-state index contributed by atoms with van der Waals surface area (Å²) in [6.45, 7) is 8.24. The third kappa shape index (κ3) is 5.84. The number of hydrogen-bond donors (Lipinski definition) is 1. The van der Waals surface area contributed by atoms with Gasteiger partial charge in [0.25, 0.3) is 5.91 Å². The highest BCUT2D eigenvalue weighted by atomic mass is 32.2. The number of rotatable bonds is 7. The van der Waals surface area contributed by atoms with E-state index in [2.05, 4.69) is 29.4 Å². The smallest absolute Gasteiger partial charge is 0.257 e. The fourth-order valence-corrected chi connectivity index (χ4v) is 3.41. The van der Waals surface area contributed by atoms with Crippen molar-refractivity contribution in [1.29, 1.82) is 0 Å². The van der Waals surface area contributed by atoms with Crippen molar-refractivity contribution in [2.45, 2.75) is 38.1 Å². The SMILES string of the molecule is CC(C)CSc1nnc(NC(=O)c2ccc(OC(C)C)cc2)s1. The van der Waals surface area contributed by atoms with Crippen molar-refractivity contribution in [3.63, 3.8) is 0 Å². The Morgan fingerprint density at radius 3 is 2.52 bits per heavy atom. The predicted molar refractivity (Wildman–Crippen MR) is 95.6 cm³/mol. The third-order valence-electron chi connectivity index (χ3n) is 2.66. The van der Waals surface area contributed by atoms with Gasteiger partial charge in [0, 0.05) is 11.3 Å². The van der Waals surface area contributed by atoms with Gasteiger partial charge in [0.15, 0.2) is 4.34 Å². The Balaban J connectivity index is 1.93. The zero-order valence-corrected chi connectivity index (χ0v) is 15.3. The molecule has 0 aliphatic rings. The molecule has 0 fully saturated rings. The number of thioether (sulfide) groups is 1. The van der Waals surface area contributed by atoms with Crippen LogP contribution in [0.4, 0.5) is 5.13 Å². The lowest BCUT2D eigenvalue weighted by atomic mass is 10.2. The first kappa shape index (κ1) is 17.7. The van der Waals surface area contributed by atoms with Crippen LogP contribution in [0, 0.1) is 5.92 Å². The first-order valence-corrected chi connectivity index (χ1v) is 9.28. The molecule has 2 aromatic rings. The summed E-state index contributed by atoms with van der Waals surface area (Å²) < 4.78 is 6.43. The molecule has 1 aromatic carbocycles. The molecule has 23 heavy (non-hydrogen) atoms. The molecule has 1 heterocycles. The third-order valence-corrected chi connectivity index (χ3v) is 5.05. The van der Waals surface area contributed by atoms with Crippen molar-refractivity contribution < 1.29 is 9.53 Å². The quantitative estimate of drug-likeness (QED) is 0.594. The van der Waals surface area contributed by atoms with E-state index in [9.17, 15) is 4.79 Å². The number of hydrogen-bond acceptors (Lipinski definition) is 6. The summed E-state index contributed by atoms with van der Waals surface area (Å²) in [6.07, 6.45) is 0.109. The maximum absolute atomic E-state index is 12.2. The van der Waals surface area contributed by atoms with Crippen molar-refractivity contribution >= 4 is 34.1 Å². The van der Waals surface area contributed by atoms with Gasteiger partial charge >= 0.3 is 0 Å². The van der Waals surface area contributed by atoms with Gasteiger partial charge in [-0.15, -0.1) is 10.2 Å². The van der Waals surface area contributed by atoms with Crippen LogP contribution in [-0.4, -0.2) is 28.0 Å². The average Bonchev–Trinajstić information content (AvgIpc) is 2.92. The number of benzene rings is 1. The lowest BCUT2D eigenvalue weighted by Crippen LogP contribution is -2.12. The minimum atomic E-state index is -0.197. The second kappa shape index (κ2) is 8.31. The van der Waals surface area contributed by atoms with Gasteiger partial charge in [0.05, 0.1) is 6.10 Å². The standard InChI is InChI=1S/C16H21N3O2S2/c1-10(2)9-22-16-19-18-15(23-16)17-14(20)12-5-7-13(8-6-12)21-11(3)4/h5-8,10-11H,9H2,1-4H3,(H,17,18,20). The van der Waals surface area contributed by atoms with Crippen molar-refractivity contribution in [2.24, 2.45) is 5.92 Å². The van der Waals surface area contributed by atoms with Crippen molar-refractivity contribution in [2.75, 3.05) is 11.1 Å². The molecule has 124 valence electrons. The molecule has 0 spiro atoms. The van der Waals surface area contributed by atoms with Gasteiger partial charge in [-0.05, 0) is 44.0 Å². The number of nitrogens with zero attached hydrogens (tertiary/aromatic N) is 2. The molecule has 2 rings (SSSR count). The number of aromatic nitrogens is 2. The van der Waals surface area contributed by atoms with Crippen molar-refractivity contribution in [3.8, 4) is 5.75 Å². The molecular formula is C16H21N3O2S2. The molecule has 0 saturated heterocycles. The molecule has 0 aliphatic carbocycles. The Morgan fingerprint density at radius 1 is 1.22 bits per heavy atom. The minimum Gasteiger partial charge on any atom is -0.491 e. The molecule has 0 saturated carbocycles. The largest absolute Gasteiger partial charge is 0.491 e. The van der Waals surface area contributed by atoms with Crippen LogP contribution in [0.15, 0.2) is 28.6 Å². The van der Waals surface area contributed by atoms with Crippen LogP contribution in [0.2, 0.25) is 0 Å². The summed E-state index contributed by atoms with van der Waals surface area (Å²) in [5.74, 6) is 2.13. The second-order valence-corrected chi connectivity index (χ2v) is 7.97. The maximum atomic E-state index is 12.2. The van der Waals surface area contributed by atoms with Gasteiger partial charge in [-0.2, -0.15) is 0 Å². The Bertz CT molecular complexity index is 639. The van der Waals surface area contributed by atoms with Gasteiger partial charge in [-0.25, -0.2) is 0 Å². The van der Waals surface area contributed by atoms with E-state index in [1.807, 2.05) is 13.8 Å². The van der Waals surface area contributed by atoms with Crippen molar-refractivity contribution in [3.05, 3.63) is 29.8 Å². The highest BCUT2D eigenvalue weighted by Crippen LogP contribution is 2.27. The van der Waals surface area contributed by atoms with E-state index in [-0.39, 0.29) is 12.0 Å². The number of carbonyl (C=O) groups excluding carboxylic acids is 1. The summed E-state index contributed by atoms with van der Waals surface area (Å²) in [7, 11) is 0. The fraction of sp³-hybridized carbons (Fsp3) is 0.438. The van der Waals surface area contributed by atoms with Crippen LogP contribution in [0.25, 0.3) is 0 Å².